The number of thioether (sulfide) groups is 1. The first-order valence-corrected chi connectivity index (χ1v) is 12.1. The average molecular weight is 537 g/mol. The minimum absolute atomic E-state index is 0.191. The maximum absolute atomic E-state index is 12.9. The van der Waals surface area contributed by atoms with Gasteiger partial charge in [0.25, 0.3) is 17.1 Å². The van der Waals surface area contributed by atoms with Crippen molar-refractivity contribution >= 4 is 56.5 Å². The number of imide groups is 1. The molecule has 1 fully saturated rings. The number of rotatable bonds is 7. The van der Waals surface area contributed by atoms with E-state index in [4.69, 9.17) is 4.74 Å². The molecule has 0 saturated carbocycles. The van der Waals surface area contributed by atoms with Gasteiger partial charge in [-0.15, -0.1) is 0 Å². The zero-order chi connectivity index (χ0) is 24.1. The van der Waals surface area contributed by atoms with E-state index in [0.717, 1.165) is 27.4 Å². The number of benzene rings is 3. The molecule has 172 valence electrons. The molecular weight excluding hydrogens is 516 g/mol. The van der Waals surface area contributed by atoms with E-state index in [1.165, 1.54) is 4.90 Å². The molecule has 3 aromatic rings. The van der Waals surface area contributed by atoms with Crippen molar-refractivity contribution in [3.63, 3.8) is 0 Å². The Morgan fingerprint density at radius 1 is 1.06 bits per heavy atom. The summed E-state index contributed by atoms with van der Waals surface area (Å²) in [7, 11) is 0. The monoisotopic (exact) mass is 536 g/mol. The second-order valence-corrected chi connectivity index (χ2v) is 9.55. The van der Waals surface area contributed by atoms with Crippen molar-refractivity contribution in [2.45, 2.75) is 13.5 Å². The third kappa shape index (κ3) is 5.95. The van der Waals surface area contributed by atoms with Crippen molar-refractivity contribution in [2.24, 2.45) is 0 Å². The predicted octanol–water partition coefficient (Wildman–Crippen LogP) is 6.01. The lowest BCUT2D eigenvalue weighted by molar-refractivity contribution is -0.123. The molecule has 0 aromatic heterocycles. The fourth-order valence-corrected chi connectivity index (χ4v) is 4.44. The van der Waals surface area contributed by atoms with Crippen molar-refractivity contribution in [1.82, 2.24) is 4.90 Å². The number of hydrogen-bond acceptors (Lipinski definition) is 5. The van der Waals surface area contributed by atoms with Gasteiger partial charge in [-0.25, -0.2) is 0 Å². The Labute approximate surface area is 210 Å². The number of amides is 3. The highest BCUT2D eigenvalue weighted by atomic mass is 79.9. The SMILES string of the molecule is Cc1cccc(NC(=O)COc2ccccc2/C=C2\SC(=O)N(Cc3ccc(Br)cc3)C2=O)c1. The maximum atomic E-state index is 12.9. The lowest BCUT2D eigenvalue weighted by Gasteiger charge is -2.12. The van der Waals surface area contributed by atoms with Gasteiger partial charge in [0.1, 0.15) is 5.75 Å². The fourth-order valence-electron chi connectivity index (χ4n) is 3.34. The van der Waals surface area contributed by atoms with E-state index in [9.17, 15) is 14.4 Å². The van der Waals surface area contributed by atoms with Gasteiger partial charge >= 0.3 is 0 Å². The molecule has 0 atom stereocenters. The molecule has 1 saturated heterocycles. The number of carbonyl (C=O) groups excluding carboxylic acids is 3. The van der Waals surface area contributed by atoms with Crippen LogP contribution in [-0.2, 0) is 16.1 Å². The minimum atomic E-state index is -0.357. The molecule has 1 N–H and O–H groups in total. The van der Waals surface area contributed by atoms with Crippen LogP contribution in [0.3, 0.4) is 0 Å². The molecule has 4 rings (SSSR count). The molecular formula is C26H21BrN2O4S. The predicted molar refractivity (Wildman–Crippen MR) is 137 cm³/mol. The lowest BCUT2D eigenvalue weighted by atomic mass is 10.1. The quantitative estimate of drug-likeness (QED) is 0.374. The Morgan fingerprint density at radius 3 is 2.59 bits per heavy atom. The van der Waals surface area contributed by atoms with Crippen LogP contribution < -0.4 is 10.1 Å². The van der Waals surface area contributed by atoms with Crippen molar-refractivity contribution in [1.29, 1.82) is 0 Å². The van der Waals surface area contributed by atoms with Crippen LogP contribution in [0.15, 0.2) is 82.2 Å². The van der Waals surface area contributed by atoms with Crippen LogP contribution >= 0.6 is 27.7 Å². The molecule has 6 nitrogen and oxygen atoms in total. The highest BCUT2D eigenvalue weighted by Crippen LogP contribution is 2.35. The van der Waals surface area contributed by atoms with Gasteiger partial charge < -0.3 is 10.1 Å². The summed E-state index contributed by atoms with van der Waals surface area (Å²) in [6.45, 7) is 1.96. The van der Waals surface area contributed by atoms with Crippen molar-refractivity contribution < 1.29 is 19.1 Å². The summed E-state index contributed by atoms with van der Waals surface area (Å²) < 4.78 is 6.65. The van der Waals surface area contributed by atoms with Gasteiger partial charge in [0, 0.05) is 15.7 Å². The Hall–Kier alpha value is -3.36. The van der Waals surface area contributed by atoms with Gasteiger partial charge in [0.15, 0.2) is 6.61 Å². The molecule has 8 heteroatoms. The summed E-state index contributed by atoms with van der Waals surface area (Å²) in [6, 6.07) is 22.0. The smallest absolute Gasteiger partial charge is 0.293 e. The van der Waals surface area contributed by atoms with E-state index in [0.29, 0.717) is 21.9 Å². The van der Waals surface area contributed by atoms with Crippen molar-refractivity contribution in [3.8, 4) is 5.75 Å². The highest BCUT2D eigenvalue weighted by Gasteiger charge is 2.35. The van der Waals surface area contributed by atoms with Crippen LogP contribution in [0.2, 0.25) is 0 Å². The number of nitrogens with one attached hydrogen (secondary N) is 1. The van der Waals surface area contributed by atoms with Crippen LogP contribution in [0.1, 0.15) is 16.7 Å². The number of anilines is 1. The first kappa shape index (κ1) is 23.8. The molecule has 0 radical (unpaired) electrons. The first-order chi connectivity index (χ1) is 16.4. The van der Waals surface area contributed by atoms with Gasteiger partial charge in [0.05, 0.1) is 11.4 Å². The number of para-hydroxylation sites is 1. The van der Waals surface area contributed by atoms with Gasteiger partial charge in [-0.1, -0.05) is 58.4 Å². The summed E-state index contributed by atoms with van der Waals surface area (Å²) in [4.78, 5) is 39.2. The number of aryl methyl sites for hydroxylation is 1. The van der Waals surface area contributed by atoms with Crippen molar-refractivity contribution in [3.05, 3.63) is 98.9 Å². The molecule has 0 bridgehead atoms. The van der Waals surface area contributed by atoms with E-state index in [-0.39, 0.29) is 30.2 Å². The standard InChI is InChI=1S/C26H21BrN2O4S/c1-17-5-4-7-21(13-17)28-24(30)16-33-22-8-3-2-6-19(22)14-23-25(31)29(26(32)34-23)15-18-9-11-20(27)12-10-18/h2-14H,15-16H2,1H3,(H,28,30)/b23-14-. The highest BCUT2D eigenvalue weighted by molar-refractivity contribution is 9.10. The van der Waals surface area contributed by atoms with E-state index in [2.05, 4.69) is 21.2 Å². The topological polar surface area (TPSA) is 75.7 Å². The van der Waals surface area contributed by atoms with E-state index in [1.54, 1.807) is 30.3 Å². The molecule has 0 unspecified atom stereocenters. The summed E-state index contributed by atoms with van der Waals surface area (Å²) in [5.74, 6) is -0.207. The Kier molecular flexibility index (Phi) is 7.49. The van der Waals surface area contributed by atoms with Crippen LogP contribution in [0.5, 0.6) is 5.75 Å². The molecule has 1 aliphatic rings. The van der Waals surface area contributed by atoms with Gasteiger partial charge in [-0.2, -0.15) is 0 Å². The number of halogens is 1. The van der Waals surface area contributed by atoms with Crippen LogP contribution in [0.25, 0.3) is 6.08 Å². The third-order valence-electron chi connectivity index (χ3n) is 4.99. The molecule has 3 aromatic carbocycles. The maximum Gasteiger partial charge on any atom is 0.293 e. The number of hydrogen-bond donors (Lipinski definition) is 1. The summed E-state index contributed by atoms with van der Waals surface area (Å²) in [5, 5.41) is 2.48. The van der Waals surface area contributed by atoms with Gasteiger partial charge in [-0.3, -0.25) is 19.3 Å². The summed E-state index contributed by atoms with van der Waals surface area (Å²) in [5.41, 5.74) is 3.20. The van der Waals surface area contributed by atoms with Gasteiger partial charge in [-0.05, 0) is 66.2 Å². The normalized spacial score (nSPS) is 14.5. The lowest BCUT2D eigenvalue weighted by Crippen LogP contribution is -2.27. The van der Waals surface area contributed by atoms with E-state index >= 15 is 0 Å². The molecule has 0 aliphatic carbocycles. The summed E-state index contributed by atoms with van der Waals surface area (Å²) in [6.07, 6.45) is 1.63. The first-order valence-electron chi connectivity index (χ1n) is 10.5. The summed E-state index contributed by atoms with van der Waals surface area (Å²) >= 11 is 4.27. The van der Waals surface area contributed by atoms with Gasteiger partial charge in [0.2, 0.25) is 0 Å². The van der Waals surface area contributed by atoms with Crippen LogP contribution in [0, 0.1) is 6.92 Å². The van der Waals surface area contributed by atoms with Crippen LogP contribution in [-0.4, -0.2) is 28.6 Å². The Bertz CT molecular complexity index is 1270. The molecule has 34 heavy (non-hydrogen) atoms. The fraction of sp³-hybridized carbons (Fsp3) is 0.115. The zero-order valence-electron chi connectivity index (χ0n) is 18.3. The molecule has 0 spiro atoms. The number of nitrogens with zero attached hydrogens (tertiary/aromatic N) is 1. The van der Waals surface area contributed by atoms with E-state index < -0.39 is 0 Å². The number of carbonyl (C=O) groups is 3. The minimum Gasteiger partial charge on any atom is -0.483 e. The second-order valence-electron chi connectivity index (χ2n) is 7.64. The second kappa shape index (κ2) is 10.7. The average Bonchev–Trinajstić information content (AvgIpc) is 3.07. The molecule has 3 amide bonds. The largest absolute Gasteiger partial charge is 0.483 e. The zero-order valence-corrected chi connectivity index (χ0v) is 20.7. The van der Waals surface area contributed by atoms with Crippen molar-refractivity contribution in [2.75, 3.05) is 11.9 Å². The molecule has 1 aliphatic heterocycles. The molecule has 1 heterocycles. The Balaban J connectivity index is 1.44. The Morgan fingerprint density at radius 2 is 1.82 bits per heavy atom. The number of ether oxygens (including phenoxy) is 1. The third-order valence-corrected chi connectivity index (χ3v) is 6.43. The van der Waals surface area contributed by atoms with Crippen LogP contribution in [0.4, 0.5) is 10.5 Å². The van der Waals surface area contributed by atoms with E-state index in [1.807, 2.05) is 55.5 Å².